The Balaban J connectivity index is 2.17. The van der Waals surface area contributed by atoms with Crippen LogP contribution in [0.1, 0.15) is 25.2 Å². The van der Waals surface area contributed by atoms with Gasteiger partial charge in [-0.1, -0.05) is 18.7 Å². The number of rotatable bonds is 5. The van der Waals surface area contributed by atoms with Crippen molar-refractivity contribution in [3.63, 3.8) is 0 Å². The third-order valence-electron chi connectivity index (χ3n) is 2.60. The van der Waals surface area contributed by atoms with Gasteiger partial charge < -0.3 is 14.8 Å². The molecule has 6 nitrogen and oxygen atoms in total. The lowest BCUT2D eigenvalue weighted by molar-refractivity contribution is -0.133. The molecule has 88 valence electrons. The molecule has 1 fully saturated rings. The van der Waals surface area contributed by atoms with Gasteiger partial charge >= 0.3 is 5.97 Å². The highest BCUT2D eigenvalue weighted by molar-refractivity contribution is 7.99. The van der Waals surface area contributed by atoms with E-state index in [0.29, 0.717) is 22.9 Å². The zero-order valence-corrected chi connectivity index (χ0v) is 9.65. The average molecular weight is 243 g/mol. The Hall–Kier alpha value is -1.08. The zero-order chi connectivity index (χ0) is 11.7. The number of nitrogens with zero attached hydrogens (tertiary/aromatic N) is 3. The molecule has 0 bridgehead atoms. The van der Waals surface area contributed by atoms with Crippen LogP contribution in [0.5, 0.6) is 0 Å². The Morgan fingerprint density at radius 3 is 2.81 bits per heavy atom. The molecule has 2 unspecified atom stereocenters. The number of aliphatic hydroxyl groups is 1. The van der Waals surface area contributed by atoms with E-state index in [4.69, 9.17) is 10.2 Å². The van der Waals surface area contributed by atoms with Gasteiger partial charge in [-0.25, -0.2) is 0 Å². The summed E-state index contributed by atoms with van der Waals surface area (Å²) < 4.78 is 1.86. The van der Waals surface area contributed by atoms with Crippen molar-refractivity contribution in [1.29, 1.82) is 0 Å². The molecule has 1 aromatic rings. The van der Waals surface area contributed by atoms with Gasteiger partial charge in [-0.3, -0.25) is 4.79 Å². The van der Waals surface area contributed by atoms with Crippen LogP contribution in [0.25, 0.3) is 0 Å². The van der Waals surface area contributed by atoms with E-state index in [1.807, 2.05) is 4.57 Å². The molecule has 16 heavy (non-hydrogen) atoms. The first-order valence-corrected chi connectivity index (χ1v) is 6.01. The van der Waals surface area contributed by atoms with Gasteiger partial charge in [0.05, 0.1) is 5.75 Å². The highest BCUT2D eigenvalue weighted by atomic mass is 32.2. The fourth-order valence-corrected chi connectivity index (χ4v) is 2.37. The largest absolute Gasteiger partial charge is 0.481 e. The van der Waals surface area contributed by atoms with E-state index in [9.17, 15) is 4.79 Å². The van der Waals surface area contributed by atoms with Crippen LogP contribution in [0.4, 0.5) is 0 Å². The second-order valence-electron chi connectivity index (χ2n) is 3.89. The number of aliphatic carboxylic acids is 1. The molecule has 2 atom stereocenters. The summed E-state index contributed by atoms with van der Waals surface area (Å²) in [4.78, 5) is 10.5. The summed E-state index contributed by atoms with van der Waals surface area (Å²) in [6.07, 6.45) is 1.03. The van der Waals surface area contributed by atoms with Crippen LogP contribution in [0.3, 0.4) is 0 Å². The molecule has 0 radical (unpaired) electrons. The number of carboxylic acid groups (broad SMARTS) is 1. The van der Waals surface area contributed by atoms with Crippen LogP contribution < -0.4 is 0 Å². The summed E-state index contributed by atoms with van der Waals surface area (Å²) >= 11 is 1.14. The second kappa shape index (κ2) is 4.42. The van der Waals surface area contributed by atoms with E-state index < -0.39 is 5.97 Å². The lowest BCUT2D eigenvalue weighted by Gasteiger charge is -2.06. The van der Waals surface area contributed by atoms with Gasteiger partial charge in [-0.05, 0) is 12.3 Å². The van der Waals surface area contributed by atoms with Crippen LogP contribution in [0, 0.1) is 5.92 Å². The van der Waals surface area contributed by atoms with Crippen LogP contribution in [-0.2, 0) is 11.4 Å². The van der Waals surface area contributed by atoms with Gasteiger partial charge in [0.1, 0.15) is 6.61 Å². The lowest BCUT2D eigenvalue weighted by atomic mass is 10.4. The smallest absolute Gasteiger partial charge is 0.313 e. The first kappa shape index (κ1) is 11.4. The number of hydrogen-bond donors (Lipinski definition) is 2. The molecule has 1 heterocycles. The van der Waals surface area contributed by atoms with Crippen molar-refractivity contribution < 1.29 is 15.0 Å². The van der Waals surface area contributed by atoms with Crippen molar-refractivity contribution in [2.24, 2.45) is 5.92 Å². The SMILES string of the molecule is CC1CC1n1c(CO)nnc1SCC(=O)O. The minimum absolute atomic E-state index is 0.0370. The third kappa shape index (κ3) is 2.19. The molecule has 0 spiro atoms. The van der Waals surface area contributed by atoms with Crippen molar-refractivity contribution in [1.82, 2.24) is 14.8 Å². The maximum absolute atomic E-state index is 10.5. The molecular formula is C9H13N3O3S. The normalized spacial score (nSPS) is 23.4. The molecule has 1 aromatic heterocycles. The Morgan fingerprint density at radius 2 is 2.31 bits per heavy atom. The average Bonchev–Trinajstić information content (AvgIpc) is 2.81. The predicted molar refractivity (Wildman–Crippen MR) is 57.1 cm³/mol. The highest BCUT2D eigenvalue weighted by Crippen LogP contribution is 2.45. The molecule has 0 amide bonds. The van der Waals surface area contributed by atoms with Crippen LogP contribution in [0.15, 0.2) is 5.16 Å². The summed E-state index contributed by atoms with van der Waals surface area (Å²) in [5.74, 6) is 0.145. The van der Waals surface area contributed by atoms with E-state index in [-0.39, 0.29) is 12.4 Å². The standard InChI is InChI=1S/C9H13N3O3S/c1-5-2-6(5)12-7(3-13)10-11-9(12)16-4-8(14)15/h5-6,13H,2-4H2,1H3,(H,14,15). The maximum Gasteiger partial charge on any atom is 0.313 e. The fraction of sp³-hybridized carbons (Fsp3) is 0.667. The number of thioether (sulfide) groups is 1. The van der Waals surface area contributed by atoms with Crippen LogP contribution in [0.2, 0.25) is 0 Å². The van der Waals surface area contributed by atoms with Crippen LogP contribution >= 0.6 is 11.8 Å². The molecule has 2 N–H and O–H groups in total. The van der Waals surface area contributed by atoms with Gasteiger partial charge in [-0.2, -0.15) is 0 Å². The minimum Gasteiger partial charge on any atom is -0.481 e. The summed E-state index contributed by atoms with van der Waals surface area (Å²) in [6, 6.07) is 0.313. The zero-order valence-electron chi connectivity index (χ0n) is 8.83. The fourth-order valence-electron chi connectivity index (χ4n) is 1.64. The van der Waals surface area contributed by atoms with E-state index in [1.54, 1.807) is 0 Å². The Morgan fingerprint density at radius 1 is 1.62 bits per heavy atom. The van der Waals surface area contributed by atoms with E-state index in [0.717, 1.165) is 18.2 Å². The summed E-state index contributed by atoms with van der Waals surface area (Å²) in [6.45, 7) is 1.95. The minimum atomic E-state index is -0.881. The topological polar surface area (TPSA) is 88.2 Å². The molecule has 1 aliphatic carbocycles. The first-order chi connectivity index (χ1) is 7.63. The van der Waals surface area contributed by atoms with Gasteiger partial charge in [0.2, 0.25) is 0 Å². The highest BCUT2D eigenvalue weighted by Gasteiger charge is 2.37. The molecule has 0 aliphatic heterocycles. The summed E-state index contributed by atoms with van der Waals surface area (Å²) in [5.41, 5.74) is 0. The lowest BCUT2D eigenvalue weighted by Crippen LogP contribution is -2.06. The number of carboxylic acids is 1. The first-order valence-electron chi connectivity index (χ1n) is 5.02. The van der Waals surface area contributed by atoms with Crippen molar-refractivity contribution in [2.75, 3.05) is 5.75 Å². The third-order valence-corrected chi connectivity index (χ3v) is 3.53. The number of hydrogen-bond acceptors (Lipinski definition) is 5. The number of aliphatic hydroxyl groups excluding tert-OH is 1. The van der Waals surface area contributed by atoms with E-state index in [1.165, 1.54) is 0 Å². The van der Waals surface area contributed by atoms with Gasteiger partial charge in [-0.15, -0.1) is 10.2 Å². The summed E-state index contributed by atoms with van der Waals surface area (Å²) in [5, 5.41) is 26.1. The Labute approximate surface area is 96.7 Å². The van der Waals surface area contributed by atoms with Gasteiger partial charge in [0.15, 0.2) is 11.0 Å². The monoisotopic (exact) mass is 243 g/mol. The van der Waals surface area contributed by atoms with E-state index >= 15 is 0 Å². The van der Waals surface area contributed by atoms with Crippen molar-refractivity contribution in [2.45, 2.75) is 31.1 Å². The maximum atomic E-state index is 10.5. The number of aromatic nitrogens is 3. The molecule has 1 saturated carbocycles. The molecule has 0 aromatic carbocycles. The van der Waals surface area contributed by atoms with Crippen LogP contribution in [-0.4, -0.2) is 36.7 Å². The second-order valence-corrected chi connectivity index (χ2v) is 4.83. The quantitative estimate of drug-likeness (QED) is 0.733. The molecule has 0 saturated heterocycles. The van der Waals surface area contributed by atoms with E-state index in [2.05, 4.69) is 17.1 Å². The molecular weight excluding hydrogens is 230 g/mol. The number of carbonyl (C=O) groups is 1. The predicted octanol–water partition coefficient (Wildman–Crippen LogP) is 0.528. The van der Waals surface area contributed by atoms with Crippen molar-refractivity contribution in [3.8, 4) is 0 Å². The Bertz CT molecular complexity index is 407. The van der Waals surface area contributed by atoms with Crippen molar-refractivity contribution in [3.05, 3.63) is 5.82 Å². The van der Waals surface area contributed by atoms with Gasteiger partial charge in [0.25, 0.3) is 0 Å². The van der Waals surface area contributed by atoms with Gasteiger partial charge in [0, 0.05) is 6.04 Å². The Kier molecular flexibility index (Phi) is 3.15. The molecule has 2 rings (SSSR count). The summed E-state index contributed by atoms with van der Waals surface area (Å²) in [7, 11) is 0. The molecule has 1 aliphatic rings. The van der Waals surface area contributed by atoms with Crippen molar-refractivity contribution >= 4 is 17.7 Å². The molecule has 7 heteroatoms.